The molecule has 1 aliphatic heterocycles. The number of hydrogen-bond acceptors (Lipinski definition) is 10. The Morgan fingerprint density at radius 2 is 1.77 bits per heavy atom. The molecule has 0 aromatic heterocycles. The second-order valence-electron chi connectivity index (χ2n) is 6.83. The van der Waals surface area contributed by atoms with Crippen molar-refractivity contribution in [2.75, 3.05) is 13.2 Å². The summed E-state index contributed by atoms with van der Waals surface area (Å²) in [7, 11) is 0. The van der Waals surface area contributed by atoms with Crippen molar-refractivity contribution >= 4 is 18.0 Å². The predicted octanol–water partition coefficient (Wildman–Crippen LogP) is 3.45. The molecule has 2 rings (SSSR count). The number of nitro groups is 1. The number of benzene rings is 1. The summed E-state index contributed by atoms with van der Waals surface area (Å²) in [6.45, 7) is 5.87. The number of aliphatic hydroxyl groups excluding tert-OH is 1. The van der Waals surface area contributed by atoms with E-state index in [0.29, 0.717) is 17.0 Å². The Balaban J connectivity index is 2.51. The van der Waals surface area contributed by atoms with Gasteiger partial charge in [-0.05, 0) is 33.3 Å². The van der Waals surface area contributed by atoms with Crippen molar-refractivity contribution < 1.29 is 38.6 Å². The number of carbonyl (C=O) groups is 2. The van der Waals surface area contributed by atoms with Gasteiger partial charge in [-0.2, -0.15) is 0 Å². The maximum absolute atomic E-state index is 12.2. The topological polar surface area (TPSA) is 146 Å². The van der Waals surface area contributed by atoms with Crippen molar-refractivity contribution in [2.45, 2.75) is 39.7 Å². The number of nitrogens with zero attached hydrogens (tertiary/aromatic N) is 1. The summed E-state index contributed by atoms with van der Waals surface area (Å²) in [5.74, 6) is -0.925. The Morgan fingerprint density at radius 1 is 1.16 bits per heavy atom. The van der Waals surface area contributed by atoms with Crippen LogP contribution in [0, 0.1) is 10.1 Å². The molecule has 0 saturated carbocycles. The van der Waals surface area contributed by atoms with Crippen LogP contribution < -0.4 is 5.32 Å². The molecule has 0 saturated heterocycles. The number of dihydropyridines is 1. The van der Waals surface area contributed by atoms with E-state index in [4.69, 9.17) is 24.1 Å². The van der Waals surface area contributed by atoms with E-state index in [1.807, 2.05) is 0 Å². The summed E-state index contributed by atoms with van der Waals surface area (Å²) in [5.41, 5.74) is 0.967. The highest BCUT2D eigenvalue weighted by molar-refractivity contribution is 5.65. The first-order valence-electron chi connectivity index (χ1n) is 9.40. The van der Waals surface area contributed by atoms with Gasteiger partial charge in [0, 0.05) is 12.1 Å². The second-order valence-corrected chi connectivity index (χ2v) is 6.83. The lowest BCUT2D eigenvalue weighted by molar-refractivity contribution is -0.384. The van der Waals surface area contributed by atoms with Gasteiger partial charge >= 0.3 is 12.3 Å². The molecule has 1 aromatic carbocycles. The minimum absolute atomic E-state index is 0.0152. The lowest BCUT2D eigenvalue weighted by atomic mass is 9.90. The van der Waals surface area contributed by atoms with Gasteiger partial charge in [0.1, 0.15) is 24.0 Å². The third-order valence-corrected chi connectivity index (χ3v) is 4.08. The highest BCUT2D eigenvalue weighted by Crippen LogP contribution is 2.40. The average Bonchev–Trinajstić information content (AvgIpc) is 2.69. The van der Waals surface area contributed by atoms with Crippen molar-refractivity contribution in [1.29, 1.82) is 0 Å². The Hall–Kier alpha value is -3.60. The van der Waals surface area contributed by atoms with Gasteiger partial charge in [0.2, 0.25) is 0 Å². The van der Waals surface area contributed by atoms with Crippen LogP contribution >= 0.6 is 0 Å². The van der Waals surface area contributed by atoms with Gasteiger partial charge in [0.25, 0.3) is 5.69 Å². The van der Waals surface area contributed by atoms with Crippen LogP contribution in [-0.4, -0.2) is 41.7 Å². The SMILES string of the molecule is CC1=C(OC(=O)OCCO)C(c2cccc([N+](=O)[O-])c2)C(OC(=O)OC(C)C)=C(C)N1. The number of nitrogens with one attached hydrogen (secondary N) is 1. The zero-order valence-electron chi connectivity index (χ0n) is 17.5. The summed E-state index contributed by atoms with van der Waals surface area (Å²) in [5, 5.41) is 23.0. The maximum atomic E-state index is 12.2. The molecule has 0 radical (unpaired) electrons. The van der Waals surface area contributed by atoms with Gasteiger partial charge in [0.15, 0.2) is 0 Å². The third-order valence-electron chi connectivity index (χ3n) is 4.08. The summed E-state index contributed by atoms with van der Waals surface area (Å²) in [6, 6.07) is 5.63. The van der Waals surface area contributed by atoms with Crippen LogP contribution in [0.4, 0.5) is 15.3 Å². The van der Waals surface area contributed by atoms with E-state index in [2.05, 4.69) is 5.32 Å². The van der Waals surface area contributed by atoms with E-state index in [-0.39, 0.29) is 23.8 Å². The van der Waals surface area contributed by atoms with Crippen molar-refractivity contribution in [3.05, 3.63) is 62.9 Å². The Labute approximate surface area is 178 Å². The van der Waals surface area contributed by atoms with Gasteiger partial charge < -0.3 is 29.4 Å². The molecule has 1 atom stereocenters. The number of ether oxygens (including phenoxy) is 4. The van der Waals surface area contributed by atoms with Crippen LogP contribution in [-0.2, 0) is 18.9 Å². The fourth-order valence-corrected chi connectivity index (χ4v) is 2.90. The molecule has 31 heavy (non-hydrogen) atoms. The second kappa shape index (κ2) is 10.4. The van der Waals surface area contributed by atoms with Crippen molar-refractivity contribution in [3.63, 3.8) is 0 Å². The van der Waals surface area contributed by atoms with Gasteiger partial charge in [-0.3, -0.25) is 10.1 Å². The first-order chi connectivity index (χ1) is 14.6. The van der Waals surface area contributed by atoms with Crippen LogP contribution in [0.15, 0.2) is 47.2 Å². The monoisotopic (exact) mass is 436 g/mol. The summed E-state index contributed by atoms with van der Waals surface area (Å²) >= 11 is 0. The fraction of sp³-hybridized carbons (Fsp3) is 0.400. The van der Waals surface area contributed by atoms with E-state index in [0.717, 1.165) is 0 Å². The Bertz CT molecular complexity index is 921. The van der Waals surface area contributed by atoms with E-state index in [1.54, 1.807) is 33.8 Å². The standard InChI is InChI=1S/C20H24N2O9/c1-11(2)29-20(25)31-18-13(4)21-12(3)17(30-19(24)28-9-8-23)16(18)14-6-5-7-15(10-14)22(26)27/h5-7,10-11,16,21,23H,8-9H2,1-4H3. The molecule has 1 unspecified atom stereocenters. The van der Waals surface area contributed by atoms with Crippen LogP contribution in [0.5, 0.6) is 0 Å². The number of rotatable bonds is 7. The largest absolute Gasteiger partial charge is 0.513 e. The predicted molar refractivity (Wildman–Crippen MR) is 107 cm³/mol. The zero-order chi connectivity index (χ0) is 23.1. The molecule has 2 N–H and O–H groups in total. The Morgan fingerprint density at radius 3 is 2.32 bits per heavy atom. The van der Waals surface area contributed by atoms with Crippen molar-refractivity contribution in [1.82, 2.24) is 5.32 Å². The van der Waals surface area contributed by atoms with Gasteiger partial charge in [-0.1, -0.05) is 12.1 Å². The highest BCUT2D eigenvalue weighted by atomic mass is 16.7. The van der Waals surface area contributed by atoms with E-state index >= 15 is 0 Å². The smallest absolute Gasteiger partial charge is 0.432 e. The third kappa shape index (κ3) is 6.19. The Kier molecular flexibility index (Phi) is 7.97. The maximum Gasteiger partial charge on any atom is 0.513 e. The molecule has 0 amide bonds. The molecule has 1 aliphatic rings. The summed E-state index contributed by atoms with van der Waals surface area (Å²) in [6.07, 6.45) is -2.52. The normalized spacial score (nSPS) is 16.0. The fourth-order valence-electron chi connectivity index (χ4n) is 2.90. The van der Waals surface area contributed by atoms with Crippen LogP contribution in [0.25, 0.3) is 0 Å². The van der Waals surface area contributed by atoms with Crippen LogP contribution in [0.3, 0.4) is 0 Å². The average molecular weight is 436 g/mol. The first kappa shape index (κ1) is 23.7. The van der Waals surface area contributed by atoms with Crippen LogP contribution in [0.1, 0.15) is 39.2 Å². The molecular formula is C20H24N2O9. The first-order valence-corrected chi connectivity index (χ1v) is 9.40. The quantitative estimate of drug-likeness (QED) is 0.370. The number of hydrogen-bond donors (Lipinski definition) is 2. The van der Waals surface area contributed by atoms with Crippen molar-refractivity contribution in [2.24, 2.45) is 0 Å². The number of aliphatic hydroxyl groups is 1. The molecule has 0 bridgehead atoms. The minimum atomic E-state index is -1.09. The number of nitro benzene ring substituents is 1. The number of allylic oxidation sites excluding steroid dienone is 2. The lowest BCUT2D eigenvalue weighted by Crippen LogP contribution is -2.29. The molecule has 0 fully saturated rings. The van der Waals surface area contributed by atoms with Gasteiger partial charge in [0.05, 0.1) is 29.0 Å². The molecule has 0 spiro atoms. The lowest BCUT2D eigenvalue weighted by Gasteiger charge is -2.30. The van der Waals surface area contributed by atoms with Gasteiger partial charge in [-0.15, -0.1) is 0 Å². The summed E-state index contributed by atoms with van der Waals surface area (Å²) < 4.78 is 20.5. The number of carbonyl (C=O) groups excluding carboxylic acids is 2. The molecule has 11 heteroatoms. The highest BCUT2D eigenvalue weighted by Gasteiger charge is 2.36. The molecule has 0 aliphatic carbocycles. The number of non-ortho nitro benzene ring substituents is 1. The van der Waals surface area contributed by atoms with E-state index in [9.17, 15) is 19.7 Å². The molecule has 1 aromatic rings. The van der Waals surface area contributed by atoms with Crippen molar-refractivity contribution in [3.8, 4) is 0 Å². The summed E-state index contributed by atoms with van der Waals surface area (Å²) in [4.78, 5) is 34.9. The van der Waals surface area contributed by atoms with Crippen LogP contribution in [0.2, 0.25) is 0 Å². The molecule has 168 valence electrons. The van der Waals surface area contributed by atoms with Gasteiger partial charge in [-0.25, -0.2) is 9.59 Å². The molecular weight excluding hydrogens is 412 g/mol. The van der Waals surface area contributed by atoms with E-state index < -0.39 is 35.9 Å². The van der Waals surface area contributed by atoms with E-state index in [1.165, 1.54) is 18.2 Å². The molecule has 1 heterocycles. The molecule has 11 nitrogen and oxygen atoms in total. The zero-order valence-corrected chi connectivity index (χ0v) is 17.5. The minimum Gasteiger partial charge on any atom is -0.432 e.